The molecule has 1 aromatic carbocycles. The maximum absolute atomic E-state index is 11.7. The zero-order valence-corrected chi connectivity index (χ0v) is 12.6. The van der Waals surface area contributed by atoms with E-state index in [4.69, 9.17) is 0 Å². The van der Waals surface area contributed by atoms with E-state index < -0.39 is 0 Å². The van der Waals surface area contributed by atoms with Gasteiger partial charge in [-0.05, 0) is 12.5 Å². The first-order valence-corrected chi connectivity index (χ1v) is 6.81. The number of esters is 1. The fourth-order valence-electron chi connectivity index (χ4n) is 1.48. The van der Waals surface area contributed by atoms with Gasteiger partial charge in [-0.3, -0.25) is 9.59 Å². The number of hydrogen-bond donors (Lipinski definition) is 1. The normalized spacial score (nSPS) is 11.7. The van der Waals surface area contributed by atoms with E-state index >= 15 is 0 Å². The van der Waals surface area contributed by atoms with E-state index in [1.165, 1.54) is 7.11 Å². The van der Waals surface area contributed by atoms with Gasteiger partial charge in [0.1, 0.15) is 3.92 Å². The Morgan fingerprint density at radius 2 is 2.17 bits per heavy atom. The van der Waals surface area contributed by atoms with Crippen LogP contribution < -0.4 is 5.32 Å². The summed E-state index contributed by atoms with van der Waals surface area (Å²) in [6.07, 6.45) is 0.326. The summed E-state index contributed by atoms with van der Waals surface area (Å²) in [4.78, 5) is 22.8. The lowest BCUT2D eigenvalue weighted by Crippen LogP contribution is -2.34. The summed E-state index contributed by atoms with van der Waals surface area (Å²) in [5.74, 6) is -0.419. The Morgan fingerprint density at radius 3 is 2.78 bits per heavy atom. The van der Waals surface area contributed by atoms with Gasteiger partial charge in [-0.15, -0.1) is 0 Å². The summed E-state index contributed by atoms with van der Waals surface area (Å²) in [6.45, 7) is 2.28. The maximum Gasteiger partial charge on any atom is 0.320 e. The number of nitrogens with one attached hydrogen (secondary N) is 1. The smallest absolute Gasteiger partial charge is 0.320 e. The molecule has 0 aliphatic rings. The summed E-state index contributed by atoms with van der Waals surface area (Å²) in [5, 5.41) is 2.72. The zero-order chi connectivity index (χ0) is 13.5. The van der Waals surface area contributed by atoms with Crippen molar-refractivity contribution in [2.45, 2.75) is 17.3 Å². The van der Waals surface area contributed by atoms with Gasteiger partial charge in [0.25, 0.3) is 0 Å². The number of carbonyl (C=O) groups is 2. The number of amides is 1. The van der Waals surface area contributed by atoms with Gasteiger partial charge in [-0.2, -0.15) is 0 Å². The van der Waals surface area contributed by atoms with Crippen LogP contribution in [0.15, 0.2) is 24.3 Å². The van der Waals surface area contributed by atoms with Crippen molar-refractivity contribution in [1.29, 1.82) is 0 Å². The third-order valence-electron chi connectivity index (χ3n) is 2.38. The molecule has 1 aromatic rings. The van der Waals surface area contributed by atoms with Crippen molar-refractivity contribution in [3.05, 3.63) is 35.4 Å². The van der Waals surface area contributed by atoms with Crippen molar-refractivity contribution in [3.63, 3.8) is 0 Å². The first-order chi connectivity index (χ1) is 8.52. The molecular weight excluding hydrogens is 345 g/mol. The molecule has 0 aliphatic heterocycles. The molecule has 18 heavy (non-hydrogen) atoms. The van der Waals surface area contributed by atoms with Crippen LogP contribution in [0.5, 0.6) is 0 Å². The molecule has 0 aromatic heterocycles. The quantitative estimate of drug-likeness (QED) is 0.493. The molecule has 0 radical (unpaired) electrons. The Kier molecular flexibility index (Phi) is 6.11. The van der Waals surface area contributed by atoms with Crippen LogP contribution in [-0.2, 0) is 20.7 Å². The predicted molar refractivity (Wildman–Crippen MR) is 77.7 cm³/mol. The van der Waals surface area contributed by atoms with Crippen LogP contribution in [0.25, 0.3) is 0 Å². The van der Waals surface area contributed by atoms with Gasteiger partial charge in [-0.1, -0.05) is 52.4 Å². The highest BCUT2D eigenvalue weighted by Crippen LogP contribution is 2.05. The van der Waals surface area contributed by atoms with Crippen LogP contribution in [-0.4, -0.2) is 29.5 Å². The lowest BCUT2D eigenvalue weighted by atomic mass is 10.1. The first kappa shape index (κ1) is 14.9. The van der Waals surface area contributed by atoms with Gasteiger partial charge >= 0.3 is 5.97 Å². The number of carbonyl (C=O) groups excluding carboxylic acids is 2. The van der Waals surface area contributed by atoms with Crippen LogP contribution in [0, 0.1) is 6.92 Å². The second-order valence-corrected chi connectivity index (χ2v) is 5.46. The van der Waals surface area contributed by atoms with Crippen LogP contribution in [0.3, 0.4) is 0 Å². The Bertz CT molecular complexity index is 434. The molecule has 0 heterocycles. The third kappa shape index (κ3) is 5.03. The number of aryl methyl sites for hydroxylation is 1. The minimum absolute atomic E-state index is 0.0915. The molecule has 0 saturated heterocycles. The molecule has 0 aliphatic carbocycles. The summed E-state index contributed by atoms with van der Waals surface area (Å²) >= 11 is 1.95. The van der Waals surface area contributed by atoms with E-state index in [2.05, 4.69) is 10.1 Å². The van der Waals surface area contributed by atoms with E-state index in [0.717, 1.165) is 11.1 Å². The second kappa shape index (κ2) is 7.35. The summed E-state index contributed by atoms with van der Waals surface area (Å²) < 4.78 is 4.23. The molecule has 0 spiro atoms. The average Bonchev–Trinajstić information content (AvgIpc) is 2.35. The van der Waals surface area contributed by atoms with Gasteiger partial charge in [0.15, 0.2) is 0 Å². The maximum atomic E-state index is 11.7. The molecule has 98 valence electrons. The molecule has 1 N–H and O–H groups in total. The monoisotopic (exact) mass is 361 g/mol. The van der Waals surface area contributed by atoms with Gasteiger partial charge in [0.05, 0.1) is 13.5 Å². The molecule has 5 heteroatoms. The molecule has 1 rings (SSSR count). The fourth-order valence-corrected chi connectivity index (χ4v) is 1.96. The highest BCUT2D eigenvalue weighted by Gasteiger charge is 2.15. The van der Waals surface area contributed by atoms with E-state index in [9.17, 15) is 9.59 Å². The van der Waals surface area contributed by atoms with Crippen molar-refractivity contribution >= 4 is 34.5 Å². The highest BCUT2D eigenvalue weighted by molar-refractivity contribution is 14.1. The first-order valence-electron chi connectivity index (χ1n) is 5.57. The van der Waals surface area contributed by atoms with Crippen LogP contribution in [0.4, 0.5) is 0 Å². The molecular formula is C13H16INO3. The molecule has 1 atom stereocenters. The number of methoxy groups -OCH3 is 1. The Labute approximate surface area is 120 Å². The van der Waals surface area contributed by atoms with Gasteiger partial charge in [0.2, 0.25) is 5.91 Å². The number of halogens is 1. The van der Waals surface area contributed by atoms with Gasteiger partial charge < -0.3 is 10.1 Å². The second-order valence-electron chi connectivity index (χ2n) is 3.96. The minimum Gasteiger partial charge on any atom is -0.468 e. The third-order valence-corrected chi connectivity index (χ3v) is 3.33. The van der Waals surface area contributed by atoms with Gasteiger partial charge in [0, 0.05) is 6.54 Å². The standard InChI is InChI=1S/C13H16INO3/c1-9-4-3-5-10(6-9)7-12(16)15-8-11(14)13(17)18-2/h3-6,11H,7-8H2,1-2H3,(H,15,16). The minimum atomic E-state index is -0.353. The lowest BCUT2D eigenvalue weighted by molar-refractivity contribution is -0.139. The predicted octanol–water partition coefficient (Wildman–Crippen LogP) is 1.63. The Balaban J connectivity index is 2.41. The van der Waals surface area contributed by atoms with E-state index in [0.29, 0.717) is 6.42 Å². The molecule has 0 saturated carbocycles. The van der Waals surface area contributed by atoms with Crippen molar-refractivity contribution in [2.24, 2.45) is 0 Å². The number of hydrogen-bond acceptors (Lipinski definition) is 3. The largest absolute Gasteiger partial charge is 0.468 e. The lowest BCUT2D eigenvalue weighted by Gasteiger charge is -2.09. The van der Waals surface area contributed by atoms with Crippen molar-refractivity contribution in [1.82, 2.24) is 5.32 Å². The summed E-state index contributed by atoms with van der Waals surface area (Å²) in [6, 6.07) is 7.79. The zero-order valence-electron chi connectivity index (χ0n) is 10.4. The van der Waals surface area contributed by atoms with E-state index in [1.54, 1.807) is 0 Å². The SMILES string of the molecule is COC(=O)C(I)CNC(=O)Cc1cccc(C)c1. The molecule has 4 nitrogen and oxygen atoms in total. The molecule has 0 bridgehead atoms. The van der Waals surface area contributed by atoms with Crippen LogP contribution >= 0.6 is 22.6 Å². The number of alkyl halides is 1. The average molecular weight is 361 g/mol. The number of benzene rings is 1. The van der Waals surface area contributed by atoms with Crippen LogP contribution in [0.1, 0.15) is 11.1 Å². The fraction of sp³-hybridized carbons (Fsp3) is 0.385. The highest BCUT2D eigenvalue weighted by atomic mass is 127. The van der Waals surface area contributed by atoms with Crippen molar-refractivity contribution in [3.8, 4) is 0 Å². The van der Waals surface area contributed by atoms with Crippen molar-refractivity contribution < 1.29 is 14.3 Å². The van der Waals surface area contributed by atoms with E-state index in [1.807, 2.05) is 53.8 Å². The molecule has 1 unspecified atom stereocenters. The molecule has 1 amide bonds. The van der Waals surface area contributed by atoms with Gasteiger partial charge in [-0.25, -0.2) is 0 Å². The Hall–Kier alpha value is -1.11. The summed E-state index contributed by atoms with van der Waals surface area (Å²) in [7, 11) is 1.34. The molecule has 0 fully saturated rings. The Morgan fingerprint density at radius 1 is 1.44 bits per heavy atom. The summed E-state index contributed by atoms with van der Waals surface area (Å²) in [5.41, 5.74) is 2.09. The number of rotatable bonds is 5. The van der Waals surface area contributed by atoms with Crippen LogP contribution in [0.2, 0.25) is 0 Å². The topological polar surface area (TPSA) is 55.4 Å². The van der Waals surface area contributed by atoms with Crippen molar-refractivity contribution in [2.75, 3.05) is 13.7 Å². The van der Waals surface area contributed by atoms with E-state index in [-0.39, 0.29) is 22.3 Å². The number of ether oxygens (including phenoxy) is 1.